The number of nitriles is 1. The van der Waals surface area contributed by atoms with Gasteiger partial charge in [0.1, 0.15) is 18.6 Å². The average Bonchev–Trinajstić information content (AvgIpc) is 2.45. The lowest BCUT2D eigenvalue weighted by Crippen LogP contribution is -2.07. The maximum Gasteiger partial charge on any atom is 0.226 e. The van der Waals surface area contributed by atoms with Crippen LogP contribution in [-0.4, -0.2) is 0 Å². The van der Waals surface area contributed by atoms with Crippen LogP contribution in [0.2, 0.25) is 0 Å². The molecule has 0 N–H and O–H groups in total. The maximum atomic E-state index is 11.8. The Hall–Kier alpha value is -2.54. The van der Waals surface area contributed by atoms with Crippen LogP contribution in [0.4, 0.5) is 0 Å². The van der Waals surface area contributed by atoms with E-state index in [0.29, 0.717) is 25.2 Å². The third-order valence-electron chi connectivity index (χ3n) is 2.57. The van der Waals surface area contributed by atoms with Crippen molar-refractivity contribution in [2.75, 3.05) is 0 Å². The van der Waals surface area contributed by atoms with Gasteiger partial charge in [-0.05, 0) is 5.56 Å². The summed E-state index contributed by atoms with van der Waals surface area (Å²) in [5.74, 6) is 0.683. The Labute approximate surface area is 110 Å². The SMILES string of the molecule is N#CCCc1cc(=O)c(OCc2ccccc2)co1. The summed E-state index contributed by atoms with van der Waals surface area (Å²) < 4.78 is 10.7. The molecule has 0 fully saturated rings. The third kappa shape index (κ3) is 3.71. The molecule has 0 saturated carbocycles. The van der Waals surface area contributed by atoms with Crippen molar-refractivity contribution in [3.63, 3.8) is 0 Å². The van der Waals surface area contributed by atoms with Gasteiger partial charge in [0, 0.05) is 18.9 Å². The van der Waals surface area contributed by atoms with Gasteiger partial charge in [-0.2, -0.15) is 5.26 Å². The molecule has 0 amide bonds. The number of benzene rings is 1. The molecule has 0 radical (unpaired) electrons. The molecule has 0 bridgehead atoms. The number of nitrogens with zero attached hydrogens (tertiary/aromatic N) is 1. The second-order valence-corrected chi connectivity index (χ2v) is 4.01. The van der Waals surface area contributed by atoms with E-state index in [2.05, 4.69) is 0 Å². The number of hydrogen-bond acceptors (Lipinski definition) is 4. The predicted molar refractivity (Wildman–Crippen MR) is 69.7 cm³/mol. The molecular weight excluding hydrogens is 242 g/mol. The molecule has 0 unspecified atom stereocenters. The van der Waals surface area contributed by atoms with Gasteiger partial charge in [-0.3, -0.25) is 4.79 Å². The van der Waals surface area contributed by atoms with Gasteiger partial charge >= 0.3 is 0 Å². The fraction of sp³-hybridized carbons (Fsp3) is 0.200. The first-order valence-electron chi connectivity index (χ1n) is 5.95. The molecule has 0 aliphatic rings. The molecule has 4 nitrogen and oxygen atoms in total. The zero-order valence-corrected chi connectivity index (χ0v) is 10.3. The molecule has 4 heteroatoms. The van der Waals surface area contributed by atoms with Gasteiger partial charge in [-0.1, -0.05) is 30.3 Å². The second kappa shape index (κ2) is 6.41. The Bertz CT molecular complexity index is 626. The highest BCUT2D eigenvalue weighted by atomic mass is 16.5. The van der Waals surface area contributed by atoms with Crippen LogP contribution in [0, 0.1) is 11.3 Å². The van der Waals surface area contributed by atoms with E-state index in [9.17, 15) is 4.79 Å². The van der Waals surface area contributed by atoms with Crippen LogP contribution in [0.25, 0.3) is 0 Å². The molecule has 2 aromatic rings. The number of hydrogen-bond donors (Lipinski definition) is 0. The van der Waals surface area contributed by atoms with Crippen molar-refractivity contribution in [2.45, 2.75) is 19.4 Å². The van der Waals surface area contributed by atoms with Crippen molar-refractivity contribution in [3.8, 4) is 11.8 Å². The molecule has 1 aromatic carbocycles. The Morgan fingerprint density at radius 1 is 1.26 bits per heavy atom. The average molecular weight is 255 g/mol. The minimum atomic E-state index is -0.227. The Kier molecular flexibility index (Phi) is 4.35. The molecule has 19 heavy (non-hydrogen) atoms. The first-order chi connectivity index (χ1) is 9.29. The van der Waals surface area contributed by atoms with Crippen molar-refractivity contribution >= 4 is 0 Å². The summed E-state index contributed by atoms with van der Waals surface area (Å²) in [7, 11) is 0. The first-order valence-corrected chi connectivity index (χ1v) is 5.95. The molecule has 0 saturated heterocycles. The molecular formula is C15H13NO3. The van der Waals surface area contributed by atoms with Crippen LogP contribution in [0.15, 0.2) is 51.9 Å². The summed E-state index contributed by atoms with van der Waals surface area (Å²) in [5, 5.41) is 8.47. The van der Waals surface area contributed by atoms with E-state index in [1.807, 2.05) is 36.4 Å². The smallest absolute Gasteiger partial charge is 0.226 e. The summed E-state index contributed by atoms with van der Waals surface area (Å²) in [6.07, 6.45) is 2.07. The van der Waals surface area contributed by atoms with E-state index < -0.39 is 0 Å². The standard InChI is InChI=1S/C15H13NO3/c16-8-4-7-13-9-14(17)15(11-18-13)19-10-12-5-2-1-3-6-12/h1-3,5-6,9,11H,4,7,10H2. The lowest BCUT2D eigenvalue weighted by molar-refractivity contribution is 0.289. The normalized spacial score (nSPS) is 9.84. The van der Waals surface area contributed by atoms with Gasteiger partial charge in [0.25, 0.3) is 0 Å². The van der Waals surface area contributed by atoms with Crippen molar-refractivity contribution in [3.05, 3.63) is 64.2 Å². The molecule has 0 aliphatic heterocycles. The zero-order valence-electron chi connectivity index (χ0n) is 10.3. The lowest BCUT2D eigenvalue weighted by Gasteiger charge is -2.05. The molecule has 96 valence electrons. The molecule has 1 aromatic heterocycles. The van der Waals surface area contributed by atoms with E-state index in [0.717, 1.165) is 5.56 Å². The van der Waals surface area contributed by atoms with Crippen LogP contribution in [0.3, 0.4) is 0 Å². The highest BCUT2D eigenvalue weighted by Crippen LogP contribution is 2.10. The molecule has 1 heterocycles. The van der Waals surface area contributed by atoms with E-state index in [-0.39, 0.29) is 11.2 Å². The van der Waals surface area contributed by atoms with Crippen molar-refractivity contribution in [2.24, 2.45) is 0 Å². The molecule has 0 atom stereocenters. The van der Waals surface area contributed by atoms with Crippen LogP contribution < -0.4 is 10.2 Å². The minimum Gasteiger partial charge on any atom is -0.482 e. The van der Waals surface area contributed by atoms with Crippen LogP contribution in [0.1, 0.15) is 17.7 Å². The van der Waals surface area contributed by atoms with Crippen molar-refractivity contribution in [1.29, 1.82) is 5.26 Å². The van der Waals surface area contributed by atoms with Crippen LogP contribution >= 0.6 is 0 Å². The Morgan fingerprint density at radius 2 is 2.05 bits per heavy atom. The minimum absolute atomic E-state index is 0.185. The molecule has 0 aliphatic carbocycles. The molecule has 2 rings (SSSR count). The Morgan fingerprint density at radius 3 is 2.74 bits per heavy atom. The zero-order chi connectivity index (χ0) is 13.5. The van der Waals surface area contributed by atoms with Gasteiger partial charge in [0.15, 0.2) is 0 Å². The fourth-order valence-electron chi connectivity index (χ4n) is 1.59. The molecule has 0 spiro atoms. The highest BCUT2D eigenvalue weighted by molar-refractivity contribution is 5.20. The summed E-state index contributed by atoms with van der Waals surface area (Å²) in [5.41, 5.74) is 0.755. The van der Waals surface area contributed by atoms with E-state index in [1.54, 1.807) is 0 Å². The summed E-state index contributed by atoms with van der Waals surface area (Å²) in [6.45, 7) is 0.323. The second-order valence-electron chi connectivity index (χ2n) is 4.01. The third-order valence-corrected chi connectivity index (χ3v) is 2.57. The highest BCUT2D eigenvalue weighted by Gasteiger charge is 2.05. The van der Waals surface area contributed by atoms with Crippen LogP contribution in [-0.2, 0) is 13.0 Å². The largest absolute Gasteiger partial charge is 0.482 e. The summed E-state index contributed by atoms with van der Waals surface area (Å²) in [4.78, 5) is 11.8. The topological polar surface area (TPSA) is 63.2 Å². The number of rotatable bonds is 5. The predicted octanol–water partition coefficient (Wildman–Crippen LogP) is 2.67. The number of ether oxygens (including phenoxy) is 1. The summed E-state index contributed by atoms with van der Waals surface area (Å²) in [6, 6.07) is 13.0. The monoisotopic (exact) mass is 255 g/mol. The van der Waals surface area contributed by atoms with E-state index >= 15 is 0 Å². The first kappa shape index (κ1) is 12.9. The van der Waals surface area contributed by atoms with Crippen molar-refractivity contribution < 1.29 is 9.15 Å². The van der Waals surface area contributed by atoms with E-state index in [4.69, 9.17) is 14.4 Å². The number of aryl methyl sites for hydroxylation is 1. The maximum absolute atomic E-state index is 11.8. The van der Waals surface area contributed by atoms with Crippen molar-refractivity contribution in [1.82, 2.24) is 0 Å². The fourth-order valence-corrected chi connectivity index (χ4v) is 1.59. The van der Waals surface area contributed by atoms with Gasteiger partial charge in [0.2, 0.25) is 11.2 Å². The van der Waals surface area contributed by atoms with Crippen LogP contribution in [0.5, 0.6) is 5.75 Å². The lowest BCUT2D eigenvalue weighted by atomic mass is 10.2. The van der Waals surface area contributed by atoms with Gasteiger partial charge in [-0.25, -0.2) is 0 Å². The summed E-state index contributed by atoms with van der Waals surface area (Å²) >= 11 is 0. The van der Waals surface area contributed by atoms with Gasteiger partial charge in [0.05, 0.1) is 6.07 Å². The Balaban J connectivity index is 2.02. The van der Waals surface area contributed by atoms with E-state index in [1.165, 1.54) is 12.3 Å². The van der Waals surface area contributed by atoms with Gasteiger partial charge < -0.3 is 9.15 Å². The van der Waals surface area contributed by atoms with Gasteiger partial charge in [-0.15, -0.1) is 0 Å². The quantitative estimate of drug-likeness (QED) is 0.824.